The van der Waals surface area contributed by atoms with Crippen molar-refractivity contribution >= 4 is 28.7 Å². The third-order valence-electron chi connectivity index (χ3n) is 1.93. The molecule has 0 aliphatic heterocycles. The van der Waals surface area contributed by atoms with E-state index in [2.05, 4.69) is 65.9 Å². The van der Waals surface area contributed by atoms with Crippen LogP contribution in [0.4, 0.5) is 0 Å². The summed E-state index contributed by atoms with van der Waals surface area (Å²) in [6, 6.07) is 8.46. The van der Waals surface area contributed by atoms with Gasteiger partial charge in [-0.1, -0.05) is 50.1 Å². The summed E-state index contributed by atoms with van der Waals surface area (Å²) in [6.07, 6.45) is 8.25. The van der Waals surface area contributed by atoms with Crippen molar-refractivity contribution in [2.75, 3.05) is 0 Å². The van der Waals surface area contributed by atoms with Gasteiger partial charge in [-0.05, 0) is 40.6 Å². The minimum Gasteiger partial charge on any atom is -0.0839 e. The fourth-order valence-electron chi connectivity index (χ4n) is 1.14. The van der Waals surface area contributed by atoms with E-state index in [1.54, 1.807) is 0 Å². The summed E-state index contributed by atoms with van der Waals surface area (Å²) in [6.45, 7) is 2.22. The molecule has 0 aromatic heterocycles. The topological polar surface area (TPSA) is 0 Å². The molecule has 0 aliphatic rings. The molecule has 0 fully saturated rings. The van der Waals surface area contributed by atoms with Crippen molar-refractivity contribution in [1.82, 2.24) is 0 Å². The zero-order valence-electron chi connectivity index (χ0n) is 7.96. The SMILES string of the molecule is CCCCC=Cc1ccccc1I. The maximum absolute atomic E-state index is 2.37. The van der Waals surface area contributed by atoms with Gasteiger partial charge in [0.05, 0.1) is 0 Å². The first-order valence-corrected chi connectivity index (χ1v) is 5.83. The molecule has 1 aromatic rings. The van der Waals surface area contributed by atoms with Crippen LogP contribution in [-0.4, -0.2) is 0 Å². The first kappa shape index (κ1) is 10.8. The fraction of sp³-hybridized carbons (Fsp3) is 0.333. The summed E-state index contributed by atoms with van der Waals surface area (Å²) in [7, 11) is 0. The molecule has 0 radical (unpaired) electrons. The van der Waals surface area contributed by atoms with E-state index in [-0.39, 0.29) is 0 Å². The molecule has 0 spiro atoms. The largest absolute Gasteiger partial charge is 0.0839 e. The van der Waals surface area contributed by atoms with Crippen LogP contribution in [0, 0.1) is 3.57 Å². The molecule has 0 saturated heterocycles. The zero-order valence-corrected chi connectivity index (χ0v) is 10.1. The Hall–Kier alpha value is -0.310. The number of unbranched alkanes of at least 4 members (excludes halogenated alkanes) is 2. The fourth-order valence-corrected chi connectivity index (χ4v) is 1.71. The monoisotopic (exact) mass is 286 g/mol. The van der Waals surface area contributed by atoms with Crippen LogP contribution in [0.15, 0.2) is 30.3 Å². The number of hydrogen-bond donors (Lipinski definition) is 0. The molecule has 70 valence electrons. The lowest BCUT2D eigenvalue weighted by atomic mass is 10.2. The van der Waals surface area contributed by atoms with Crippen LogP contribution in [0.1, 0.15) is 31.7 Å². The minimum atomic E-state index is 1.20. The van der Waals surface area contributed by atoms with Crippen LogP contribution in [0.3, 0.4) is 0 Å². The summed E-state index contributed by atoms with van der Waals surface area (Å²) in [5.41, 5.74) is 1.33. The van der Waals surface area contributed by atoms with Gasteiger partial charge in [-0.15, -0.1) is 0 Å². The van der Waals surface area contributed by atoms with E-state index in [9.17, 15) is 0 Å². The number of rotatable bonds is 4. The molecule has 1 aromatic carbocycles. The van der Waals surface area contributed by atoms with Crippen molar-refractivity contribution in [2.45, 2.75) is 26.2 Å². The quantitative estimate of drug-likeness (QED) is 0.565. The van der Waals surface area contributed by atoms with E-state index in [4.69, 9.17) is 0 Å². The molecule has 0 bridgehead atoms. The third kappa shape index (κ3) is 3.94. The molecule has 0 nitrogen and oxygen atoms in total. The molecular formula is C12H15I. The van der Waals surface area contributed by atoms with Crippen LogP contribution in [0.25, 0.3) is 6.08 Å². The Bertz CT molecular complexity index is 276. The Morgan fingerprint density at radius 2 is 2.08 bits per heavy atom. The Kier molecular flexibility index (Phi) is 5.13. The minimum absolute atomic E-state index is 1.20. The molecule has 1 heteroatoms. The highest BCUT2D eigenvalue weighted by Gasteiger charge is 1.91. The van der Waals surface area contributed by atoms with Crippen molar-refractivity contribution in [3.8, 4) is 0 Å². The summed E-state index contributed by atoms with van der Waals surface area (Å²) < 4.78 is 1.33. The van der Waals surface area contributed by atoms with E-state index in [0.29, 0.717) is 0 Å². The van der Waals surface area contributed by atoms with Crippen molar-refractivity contribution in [2.24, 2.45) is 0 Å². The number of allylic oxidation sites excluding steroid dienone is 1. The summed E-state index contributed by atoms with van der Waals surface area (Å²) in [5, 5.41) is 0. The molecule has 13 heavy (non-hydrogen) atoms. The number of halogens is 1. The van der Waals surface area contributed by atoms with Gasteiger partial charge < -0.3 is 0 Å². The third-order valence-corrected chi connectivity index (χ3v) is 2.91. The zero-order chi connectivity index (χ0) is 9.52. The van der Waals surface area contributed by atoms with Crippen molar-refractivity contribution in [3.63, 3.8) is 0 Å². The predicted octanol–water partition coefficient (Wildman–Crippen LogP) is 4.49. The van der Waals surface area contributed by atoms with E-state index in [1.807, 2.05) is 0 Å². The Morgan fingerprint density at radius 1 is 1.31 bits per heavy atom. The van der Waals surface area contributed by atoms with Crippen LogP contribution >= 0.6 is 22.6 Å². The van der Waals surface area contributed by atoms with Gasteiger partial charge in [-0.25, -0.2) is 0 Å². The molecule has 0 atom stereocenters. The second-order valence-electron chi connectivity index (χ2n) is 3.07. The van der Waals surface area contributed by atoms with E-state index in [1.165, 1.54) is 28.4 Å². The maximum Gasteiger partial charge on any atom is 0.0202 e. The van der Waals surface area contributed by atoms with Crippen LogP contribution in [0.5, 0.6) is 0 Å². The van der Waals surface area contributed by atoms with E-state index in [0.717, 1.165) is 0 Å². The number of hydrogen-bond acceptors (Lipinski definition) is 0. The molecule has 0 saturated carbocycles. The highest BCUT2D eigenvalue weighted by Crippen LogP contribution is 2.13. The second-order valence-corrected chi connectivity index (χ2v) is 4.23. The first-order chi connectivity index (χ1) is 6.34. The average molecular weight is 286 g/mol. The van der Waals surface area contributed by atoms with E-state index < -0.39 is 0 Å². The van der Waals surface area contributed by atoms with Crippen LogP contribution < -0.4 is 0 Å². The van der Waals surface area contributed by atoms with Crippen molar-refractivity contribution in [3.05, 3.63) is 39.5 Å². The van der Waals surface area contributed by atoms with Crippen molar-refractivity contribution < 1.29 is 0 Å². The summed E-state index contributed by atoms with van der Waals surface area (Å²) in [4.78, 5) is 0. The lowest BCUT2D eigenvalue weighted by Crippen LogP contribution is -1.77. The molecule has 0 aliphatic carbocycles. The Labute approximate surface area is 94.2 Å². The normalized spacial score (nSPS) is 10.9. The standard InChI is InChI=1S/C12H15I/c1-2-3-4-5-8-11-9-6-7-10-12(11)13/h5-10H,2-4H2,1H3. The second kappa shape index (κ2) is 6.19. The molecule has 0 unspecified atom stereocenters. The molecule has 0 heterocycles. The van der Waals surface area contributed by atoms with Crippen LogP contribution in [0.2, 0.25) is 0 Å². The Balaban J connectivity index is 2.53. The van der Waals surface area contributed by atoms with Gasteiger partial charge in [0.1, 0.15) is 0 Å². The highest BCUT2D eigenvalue weighted by molar-refractivity contribution is 14.1. The first-order valence-electron chi connectivity index (χ1n) is 4.75. The van der Waals surface area contributed by atoms with Gasteiger partial charge in [-0.2, -0.15) is 0 Å². The lowest BCUT2D eigenvalue weighted by Gasteiger charge is -1.96. The lowest BCUT2D eigenvalue weighted by molar-refractivity contribution is 0.816. The predicted molar refractivity (Wildman–Crippen MR) is 67.7 cm³/mol. The van der Waals surface area contributed by atoms with Gasteiger partial charge in [0.2, 0.25) is 0 Å². The van der Waals surface area contributed by atoms with Gasteiger partial charge in [0.15, 0.2) is 0 Å². The highest BCUT2D eigenvalue weighted by atomic mass is 127. The Morgan fingerprint density at radius 3 is 2.77 bits per heavy atom. The molecule has 0 amide bonds. The van der Waals surface area contributed by atoms with E-state index >= 15 is 0 Å². The van der Waals surface area contributed by atoms with Gasteiger partial charge in [-0.3, -0.25) is 0 Å². The van der Waals surface area contributed by atoms with Gasteiger partial charge in [0, 0.05) is 3.57 Å². The maximum atomic E-state index is 2.37. The summed E-state index contributed by atoms with van der Waals surface area (Å²) in [5.74, 6) is 0. The molecule has 1 rings (SSSR count). The van der Waals surface area contributed by atoms with Gasteiger partial charge >= 0.3 is 0 Å². The molecule has 0 N–H and O–H groups in total. The average Bonchev–Trinajstić information content (AvgIpc) is 2.15. The molecular weight excluding hydrogens is 271 g/mol. The van der Waals surface area contributed by atoms with Crippen molar-refractivity contribution in [1.29, 1.82) is 0 Å². The van der Waals surface area contributed by atoms with Crippen LogP contribution in [-0.2, 0) is 0 Å². The summed E-state index contributed by atoms with van der Waals surface area (Å²) >= 11 is 2.37. The smallest absolute Gasteiger partial charge is 0.0202 e. The number of benzene rings is 1. The van der Waals surface area contributed by atoms with Gasteiger partial charge in [0.25, 0.3) is 0 Å².